The molecular formula is C17H25N5O2. The fourth-order valence-electron chi connectivity index (χ4n) is 2.28. The van der Waals surface area contributed by atoms with Crippen molar-refractivity contribution in [3.05, 3.63) is 30.1 Å². The third-order valence-electron chi connectivity index (χ3n) is 3.61. The Balaban J connectivity index is 1.69. The molecule has 2 N–H and O–H groups in total. The topological polar surface area (TPSA) is 92.8 Å². The molecule has 0 spiro atoms. The fraction of sp³-hybridized carbons (Fsp3) is 0.529. The third kappa shape index (κ3) is 6.36. The van der Waals surface area contributed by atoms with Crippen LogP contribution >= 0.6 is 0 Å². The Kier molecular flexibility index (Phi) is 7.73. The normalized spacial score (nSPS) is 10.5. The van der Waals surface area contributed by atoms with Crippen LogP contribution in [0.4, 0.5) is 5.69 Å². The monoisotopic (exact) mass is 331 g/mol. The van der Waals surface area contributed by atoms with Gasteiger partial charge >= 0.3 is 0 Å². The second kappa shape index (κ2) is 10.4. The molecule has 1 heterocycles. The van der Waals surface area contributed by atoms with Crippen LogP contribution in [0.1, 0.15) is 51.3 Å². The summed E-state index contributed by atoms with van der Waals surface area (Å²) in [7, 11) is 0. The van der Waals surface area contributed by atoms with Crippen molar-refractivity contribution in [1.29, 1.82) is 0 Å². The number of H-pyrrole nitrogens is 1. The van der Waals surface area contributed by atoms with Gasteiger partial charge in [-0.1, -0.05) is 30.7 Å². The third-order valence-corrected chi connectivity index (χ3v) is 3.61. The molecule has 1 aromatic heterocycles. The maximum absolute atomic E-state index is 11.9. The molecule has 0 aliphatic carbocycles. The van der Waals surface area contributed by atoms with Gasteiger partial charge in [0, 0.05) is 12.8 Å². The number of aromatic amines is 1. The van der Waals surface area contributed by atoms with E-state index in [4.69, 9.17) is 4.74 Å². The number of para-hydroxylation sites is 2. The van der Waals surface area contributed by atoms with Gasteiger partial charge < -0.3 is 10.1 Å². The Morgan fingerprint density at radius 1 is 1.21 bits per heavy atom. The first-order valence-electron chi connectivity index (χ1n) is 8.53. The molecule has 0 unspecified atom stereocenters. The van der Waals surface area contributed by atoms with Crippen LogP contribution < -0.4 is 10.1 Å². The van der Waals surface area contributed by atoms with Crippen molar-refractivity contribution in [2.45, 2.75) is 51.9 Å². The molecule has 0 saturated carbocycles. The molecule has 0 bridgehead atoms. The summed E-state index contributed by atoms with van der Waals surface area (Å²) in [6.45, 7) is 2.69. The van der Waals surface area contributed by atoms with Crippen LogP contribution in [-0.4, -0.2) is 33.1 Å². The molecule has 0 atom stereocenters. The molecule has 0 aliphatic heterocycles. The highest BCUT2D eigenvalue weighted by molar-refractivity contribution is 5.92. The van der Waals surface area contributed by atoms with Crippen molar-refractivity contribution in [2.24, 2.45) is 0 Å². The van der Waals surface area contributed by atoms with Gasteiger partial charge in [0.1, 0.15) is 5.75 Å². The maximum Gasteiger partial charge on any atom is 0.224 e. The highest BCUT2D eigenvalue weighted by atomic mass is 16.5. The number of nitrogens with one attached hydrogen (secondary N) is 2. The Morgan fingerprint density at radius 2 is 2.08 bits per heavy atom. The van der Waals surface area contributed by atoms with Gasteiger partial charge in [0.05, 0.1) is 12.3 Å². The summed E-state index contributed by atoms with van der Waals surface area (Å²) in [5.41, 5.74) is 0.741. The molecule has 0 fully saturated rings. The second-order valence-corrected chi connectivity index (χ2v) is 5.64. The summed E-state index contributed by atoms with van der Waals surface area (Å²) in [5.74, 6) is 1.50. The maximum atomic E-state index is 11.9. The van der Waals surface area contributed by atoms with Gasteiger partial charge in [0.25, 0.3) is 0 Å². The molecule has 1 amide bonds. The van der Waals surface area contributed by atoms with Crippen molar-refractivity contribution < 1.29 is 9.53 Å². The second-order valence-electron chi connectivity index (χ2n) is 5.64. The number of hydrogen-bond donors (Lipinski definition) is 2. The number of rotatable bonds is 11. The SMILES string of the molecule is CCCCC(=O)Nc1ccccc1OCCCCCc1nn[nH]n1. The number of ether oxygens (including phenoxy) is 1. The van der Waals surface area contributed by atoms with Gasteiger partial charge in [-0.15, -0.1) is 10.2 Å². The number of benzene rings is 1. The van der Waals surface area contributed by atoms with Crippen LogP contribution in [0.5, 0.6) is 5.75 Å². The number of tetrazole rings is 1. The first kappa shape index (κ1) is 17.9. The predicted octanol–water partition coefficient (Wildman–Crippen LogP) is 3.12. The minimum Gasteiger partial charge on any atom is -0.491 e. The zero-order valence-electron chi connectivity index (χ0n) is 14.1. The minimum atomic E-state index is 0.0352. The van der Waals surface area contributed by atoms with E-state index in [1.165, 1.54) is 0 Å². The summed E-state index contributed by atoms with van der Waals surface area (Å²) in [5, 5.41) is 16.8. The standard InChI is InChI=1S/C17H25N5O2/c1-2-3-12-17(23)18-14-9-6-7-10-15(14)24-13-8-4-5-11-16-19-21-22-20-16/h6-7,9-10H,2-5,8,11-13H2,1H3,(H,18,23)(H,19,20,21,22). The first-order valence-corrected chi connectivity index (χ1v) is 8.53. The summed E-state index contributed by atoms with van der Waals surface area (Å²) in [4.78, 5) is 11.9. The van der Waals surface area contributed by atoms with Crippen LogP contribution in [0.25, 0.3) is 0 Å². The predicted molar refractivity (Wildman–Crippen MR) is 91.8 cm³/mol. The van der Waals surface area contributed by atoms with Crippen LogP contribution in [0.15, 0.2) is 24.3 Å². The number of unbranched alkanes of at least 4 members (excludes halogenated alkanes) is 3. The highest BCUT2D eigenvalue weighted by Gasteiger charge is 2.07. The van der Waals surface area contributed by atoms with Gasteiger partial charge in [0.15, 0.2) is 5.82 Å². The van der Waals surface area contributed by atoms with Crippen molar-refractivity contribution in [2.75, 3.05) is 11.9 Å². The van der Waals surface area contributed by atoms with E-state index in [0.717, 1.165) is 55.8 Å². The van der Waals surface area contributed by atoms with Gasteiger partial charge in [-0.2, -0.15) is 5.21 Å². The van der Waals surface area contributed by atoms with Crippen molar-refractivity contribution in [3.8, 4) is 5.75 Å². The number of carbonyl (C=O) groups excluding carboxylic acids is 1. The highest BCUT2D eigenvalue weighted by Crippen LogP contribution is 2.24. The molecular weight excluding hydrogens is 306 g/mol. The fourth-order valence-corrected chi connectivity index (χ4v) is 2.28. The summed E-state index contributed by atoms with van der Waals surface area (Å²) < 4.78 is 5.82. The Hall–Kier alpha value is -2.44. The van der Waals surface area contributed by atoms with Crippen molar-refractivity contribution in [1.82, 2.24) is 20.6 Å². The van der Waals surface area contributed by atoms with Gasteiger partial charge in [0.2, 0.25) is 5.91 Å². The average molecular weight is 331 g/mol. The van der Waals surface area contributed by atoms with E-state index in [9.17, 15) is 4.79 Å². The van der Waals surface area contributed by atoms with Crippen LogP contribution in [0.3, 0.4) is 0 Å². The number of amides is 1. The number of hydrogen-bond acceptors (Lipinski definition) is 5. The number of aromatic nitrogens is 4. The van der Waals surface area contributed by atoms with E-state index in [1.54, 1.807) is 0 Å². The number of aryl methyl sites for hydroxylation is 1. The lowest BCUT2D eigenvalue weighted by Gasteiger charge is -2.12. The molecule has 2 rings (SSSR count). The quantitative estimate of drug-likeness (QED) is 0.617. The van der Waals surface area contributed by atoms with E-state index in [2.05, 4.69) is 32.9 Å². The van der Waals surface area contributed by atoms with Crippen LogP contribution in [0.2, 0.25) is 0 Å². The average Bonchev–Trinajstić information content (AvgIpc) is 3.11. The Morgan fingerprint density at radius 3 is 2.88 bits per heavy atom. The Bertz CT molecular complexity index is 601. The lowest BCUT2D eigenvalue weighted by atomic mass is 10.2. The smallest absolute Gasteiger partial charge is 0.224 e. The van der Waals surface area contributed by atoms with Crippen LogP contribution in [-0.2, 0) is 11.2 Å². The zero-order chi connectivity index (χ0) is 17.0. The molecule has 0 radical (unpaired) electrons. The summed E-state index contributed by atoms with van der Waals surface area (Å²) >= 11 is 0. The van der Waals surface area contributed by atoms with E-state index in [1.807, 2.05) is 24.3 Å². The zero-order valence-corrected chi connectivity index (χ0v) is 14.1. The van der Waals surface area contributed by atoms with E-state index < -0.39 is 0 Å². The number of carbonyl (C=O) groups is 1. The minimum absolute atomic E-state index is 0.0352. The summed E-state index contributed by atoms with van der Waals surface area (Å²) in [6, 6.07) is 7.56. The first-order chi connectivity index (χ1) is 11.8. The molecule has 7 heteroatoms. The van der Waals surface area contributed by atoms with Gasteiger partial charge in [-0.3, -0.25) is 4.79 Å². The Labute approximate surface area is 142 Å². The van der Waals surface area contributed by atoms with E-state index in [0.29, 0.717) is 13.0 Å². The molecule has 1 aromatic carbocycles. The van der Waals surface area contributed by atoms with E-state index >= 15 is 0 Å². The molecule has 0 aliphatic rings. The molecule has 0 saturated heterocycles. The molecule has 24 heavy (non-hydrogen) atoms. The molecule has 7 nitrogen and oxygen atoms in total. The lowest BCUT2D eigenvalue weighted by molar-refractivity contribution is -0.116. The molecule has 2 aromatic rings. The number of nitrogens with zero attached hydrogens (tertiary/aromatic N) is 3. The lowest BCUT2D eigenvalue weighted by Crippen LogP contribution is -2.12. The molecule has 130 valence electrons. The van der Waals surface area contributed by atoms with Crippen LogP contribution in [0, 0.1) is 0 Å². The van der Waals surface area contributed by atoms with E-state index in [-0.39, 0.29) is 5.91 Å². The van der Waals surface area contributed by atoms with Crippen molar-refractivity contribution >= 4 is 11.6 Å². The summed E-state index contributed by atoms with van der Waals surface area (Å²) in [6.07, 6.45) is 6.24. The van der Waals surface area contributed by atoms with Crippen molar-refractivity contribution in [3.63, 3.8) is 0 Å². The largest absolute Gasteiger partial charge is 0.491 e. The van der Waals surface area contributed by atoms with Gasteiger partial charge in [-0.05, 0) is 37.8 Å². The number of anilines is 1. The van der Waals surface area contributed by atoms with Gasteiger partial charge in [-0.25, -0.2) is 0 Å².